The Kier molecular flexibility index (Phi) is 5.06. The molecule has 1 aromatic heterocycles. The first-order valence-electron chi connectivity index (χ1n) is 11.0. The third-order valence-corrected chi connectivity index (χ3v) is 6.72. The number of fused-ring (bicyclic) bond motifs is 1. The molecule has 2 aromatic rings. The van der Waals surface area contributed by atoms with Gasteiger partial charge in [0, 0.05) is 42.9 Å². The van der Waals surface area contributed by atoms with E-state index >= 15 is 0 Å². The zero-order valence-corrected chi connectivity index (χ0v) is 17.6. The third kappa shape index (κ3) is 3.74. The molecule has 4 heterocycles. The van der Waals surface area contributed by atoms with Crippen LogP contribution in [0.4, 0.5) is 0 Å². The fourth-order valence-corrected chi connectivity index (χ4v) is 4.93. The van der Waals surface area contributed by atoms with Gasteiger partial charge in [-0.3, -0.25) is 29.6 Å². The normalized spacial score (nSPS) is 23.9. The number of nitrogens with zero attached hydrogens (tertiary/aromatic N) is 3. The van der Waals surface area contributed by atoms with Gasteiger partial charge in [0.25, 0.3) is 5.91 Å². The topological polar surface area (TPSA) is 82.6 Å². The molecule has 3 aliphatic heterocycles. The van der Waals surface area contributed by atoms with Crippen LogP contribution in [0.1, 0.15) is 54.1 Å². The molecule has 3 aliphatic rings. The van der Waals surface area contributed by atoms with Crippen molar-refractivity contribution in [3.05, 3.63) is 53.2 Å². The number of carbonyl (C=O) groups is 3. The molecule has 2 fully saturated rings. The number of piperidine rings is 1. The van der Waals surface area contributed by atoms with E-state index in [1.807, 2.05) is 24.4 Å². The summed E-state index contributed by atoms with van der Waals surface area (Å²) >= 11 is 0. The van der Waals surface area contributed by atoms with Gasteiger partial charge in [-0.2, -0.15) is 0 Å². The fraction of sp³-hybridized carbons (Fsp3) is 0.417. The van der Waals surface area contributed by atoms with Gasteiger partial charge in [0.05, 0.1) is 5.69 Å². The van der Waals surface area contributed by atoms with Crippen molar-refractivity contribution in [1.29, 1.82) is 0 Å². The molecule has 2 atom stereocenters. The van der Waals surface area contributed by atoms with Crippen molar-refractivity contribution in [3.8, 4) is 11.3 Å². The van der Waals surface area contributed by atoms with Crippen molar-refractivity contribution >= 4 is 17.7 Å². The van der Waals surface area contributed by atoms with Gasteiger partial charge in [-0.1, -0.05) is 6.07 Å². The zero-order chi connectivity index (χ0) is 21.5. The number of benzene rings is 1. The molecule has 0 bridgehead atoms. The Morgan fingerprint density at radius 3 is 2.77 bits per heavy atom. The van der Waals surface area contributed by atoms with Gasteiger partial charge >= 0.3 is 0 Å². The first-order chi connectivity index (χ1) is 15.0. The lowest BCUT2D eigenvalue weighted by Gasteiger charge is -2.29. The van der Waals surface area contributed by atoms with Gasteiger partial charge in [-0.25, -0.2) is 0 Å². The summed E-state index contributed by atoms with van der Waals surface area (Å²) in [7, 11) is 0. The lowest BCUT2D eigenvalue weighted by molar-refractivity contribution is -0.136. The van der Waals surface area contributed by atoms with Crippen LogP contribution in [0.25, 0.3) is 11.3 Å². The Bertz CT molecular complexity index is 1070. The fourth-order valence-electron chi connectivity index (χ4n) is 4.93. The molecule has 7 heteroatoms. The first-order valence-corrected chi connectivity index (χ1v) is 11.0. The minimum atomic E-state index is -0.593. The van der Waals surface area contributed by atoms with Gasteiger partial charge in [0.2, 0.25) is 11.8 Å². The van der Waals surface area contributed by atoms with E-state index in [0.29, 0.717) is 24.6 Å². The number of likely N-dealkylation sites (tertiary alicyclic amines) is 1. The molecule has 2 saturated heterocycles. The van der Waals surface area contributed by atoms with E-state index in [1.54, 1.807) is 4.90 Å². The van der Waals surface area contributed by atoms with E-state index in [9.17, 15) is 14.4 Å². The van der Waals surface area contributed by atoms with Crippen molar-refractivity contribution in [3.63, 3.8) is 0 Å². The summed E-state index contributed by atoms with van der Waals surface area (Å²) in [5.74, 6) is -0.814. The molecular weight excluding hydrogens is 392 g/mol. The largest absolute Gasteiger partial charge is 0.322 e. The molecular formula is C24H26N4O3. The second-order valence-electron chi connectivity index (χ2n) is 8.78. The molecule has 7 nitrogen and oxygen atoms in total. The van der Waals surface area contributed by atoms with E-state index < -0.39 is 6.04 Å². The predicted octanol–water partition coefficient (Wildman–Crippen LogP) is 2.49. The van der Waals surface area contributed by atoms with E-state index in [0.717, 1.165) is 29.9 Å². The van der Waals surface area contributed by atoms with Crippen LogP contribution in [0.5, 0.6) is 0 Å². The van der Waals surface area contributed by atoms with E-state index in [1.165, 1.54) is 18.4 Å². The van der Waals surface area contributed by atoms with Gasteiger partial charge in [-0.05, 0) is 68.1 Å². The Morgan fingerprint density at radius 2 is 2.00 bits per heavy atom. The summed E-state index contributed by atoms with van der Waals surface area (Å²) in [4.78, 5) is 45.2. The van der Waals surface area contributed by atoms with Gasteiger partial charge in [0.15, 0.2) is 0 Å². The Balaban J connectivity index is 1.36. The van der Waals surface area contributed by atoms with E-state index in [-0.39, 0.29) is 24.1 Å². The molecule has 1 unspecified atom stereocenters. The standard InChI is InChI=1S/C24H26N4O3/c1-15-3-2-10-27(15)13-16-8-9-25-20(11-16)17-4-5-19-18(12-17)14-28(24(19)31)21-6-7-22(29)26-23(21)30/h4-5,8-9,11-12,15,21H,2-3,6-7,10,13-14H2,1H3,(H,26,29,30)/t15-,21?/m0/s1. The van der Waals surface area contributed by atoms with Gasteiger partial charge < -0.3 is 4.90 Å². The first kappa shape index (κ1) is 19.9. The van der Waals surface area contributed by atoms with Crippen LogP contribution in [0.2, 0.25) is 0 Å². The summed E-state index contributed by atoms with van der Waals surface area (Å²) in [6, 6.07) is 9.97. The number of carbonyl (C=O) groups excluding carboxylic acids is 3. The quantitative estimate of drug-likeness (QED) is 0.772. The van der Waals surface area contributed by atoms with Gasteiger partial charge in [-0.15, -0.1) is 0 Å². The van der Waals surface area contributed by atoms with Crippen LogP contribution in [0.15, 0.2) is 36.5 Å². The maximum Gasteiger partial charge on any atom is 0.255 e. The smallest absolute Gasteiger partial charge is 0.255 e. The number of hydrogen-bond acceptors (Lipinski definition) is 5. The summed E-state index contributed by atoms with van der Waals surface area (Å²) in [6.45, 7) is 4.71. The lowest BCUT2D eigenvalue weighted by Crippen LogP contribution is -2.52. The number of rotatable bonds is 4. The minimum Gasteiger partial charge on any atom is -0.322 e. The molecule has 1 N–H and O–H groups in total. The number of amides is 3. The average molecular weight is 418 g/mol. The highest BCUT2D eigenvalue weighted by Gasteiger charge is 2.39. The Morgan fingerprint density at radius 1 is 1.13 bits per heavy atom. The number of nitrogens with one attached hydrogen (secondary N) is 1. The van der Waals surface area contributed by atoms with Crippen LogP contribution in [0, 0.1) is 0 Å². The molecule has 1 aromatic carbocycles. The monoisotopic (exact) mass is 418 g/mol. The second kappa shape index (κ2) is 7.89. The van der Waals surface area contributed by atoms with Crippen molar-refractivity contribution < 1.29 is 14.4 Å². The van der Waals surface area contributed by atoms with Crippen LogP contribution < -0.4 is 5.32 Å². The van der Waals surface area contributed by atoms with Crippen LogP contribution in [-0.4, -0.2) is 51.1 Å². The molecule has 31 heavy (non-hydrogen) atoms. The predicted molar refractivity (Wildman–Crippen MR) is 115 cm³/mol. The third-order valence-electron chi connectivity index (χ3n) is 6.72. The number of hydrogen-bond donors (Lipinski definition) is 1. The summed E-state index contributed by atoms with van der Waals surface area (Å²) in [6.07, 6.45) is 4.98. The zero-order valence-electron chi connectivity index (χ0n) is 17.6. The van der Waals surface area contributed by atoms with Crippen molar-refractivity contribution in [2.45, 2.75) is 57.8 Å². The molecule has 0 radical (unpaired) electrons. The second-order valence-corrected chi connectivity index (χ2v) is 8.78. The molecule has 160 valence electrons. The number of aromatic nitrogens is 1. The Hall–Kier alpha value is -3.06. The maximum absolute atomic E-state index is 12.9. The highest BCUT2D eigenvalue weighted by Crippen LogP contribution is 2.31. The highest BCUT2D eigenvalue weighted by molar-refractivity contribution is 6.05. The molecule has 0 spiro atoms. The van der Waals surface area contributed by atoms with Crippen molar-refractivity contribution in [2.75, 3.05) is 6.54 Å². The molecule has 0 saturated carbocycles. The van der Waals surface area contributed by atoms with E-state index in [2.05, 4.69) is 34.3 Å². The number of pyridine rings is 1. The SMILES string of the molecule is C[C@H]1CCCN1Cc1ccnc(-c2ccc3c(c2)CN(C2CCC(=O)NC2=O)C3=O)c1. The van der Waals surface area contributed by atoms with Crippen molar-refractivity contribution in [2.24, 2.45) is 0 Å². The van der Waals surface area contributed by atoms with Gasteiger partial charge in [0.1, 0.15) is 6.04 Å². The lowest BCUT2D eigenvalue weighted by atomic mass is 10.0. The maximum atomic E-state index is 12.9. The Labute approximate surface area is 181 Å². The molecule has 5 rings (SSSR count). The molecule has 0 aliphatic carbocycles. The van der Waals surface area contributed by atoms with Crippen LogP contribution >= 0.6 is 0 Å². The van der Waals surface area contributed by atoms with Crippen LogP contribution in [-0.2, 0) is 22.7 Å². The average Bonchev–Trinajstić information content (AvgIpc) is 3.31. The molecule has 3 amide bonds. The van der Waals surface area contributed by atoms with E-state index in [4.69, 9.17) is 0 Å². The minimum absolute atomic E-state index is 0.152. The number of imide groups is 1. The summed E-state index contributed by atoms with van der Waals surface area (Å²) in [5, 5.41) is 2.34. The van der Waals surface area contributed by atoms with Crippen molar-refractivity contribution in [1.82, 2.24) is 20.1 Å². The highest BCUT2D eigenvalue weighted by atomic mass is 16.2. The summed E-state index contributed by atoms with van der Waals surface area (Å²) < 4.78 is 0. The van der Waals surface area contributed by atoms with Crippen LogP contribution in [0.3, 0.4) is 0 Å². The summed E-state index contributed by atoms with van der Waals surface area (Å²) in [5.41, 5.74) is 4.61.